The van der Waals surface area contributed by atoms with E-state index in [9.17, 15) is 19.2 Å². The molecule has 3 aromatic rings. The molecule has 4 amide bonds. The van der Waals surface area contributed by atoms with Gasteiger partial charge in [-0.15, -0.1) is 0 Å². The van der Waals surface area contributed by atoms with Crippen LogP contribution >= 0.6 is 0 Å². The first-order valence-corrected chi connectivity index (χ1v) is 14.6. The second kappa shape index (κ2) is 11.4. The second-order valence-electron chi connectivity index (χ2n) is 11.6. The van der Waals surface area contributed by atoms with Gasteiger partial charge in [0.05, 0.1) is 6.33 Å². The third-order valence-electron chi connectivity index (χ3n) is 8.74. The van der Waals surface area contributed by atoms with E-state index in [1.165, 1.54) is 0 Å². The SMILES string of the molecule is C[C@@H](C1CC1)N(Cc1ccccc1)C(=O)CC1C[C@@]2(OC(=O)NC2=O)c2ccc(C(=O)NCCCn3ccnc3)cc21. The van der Waals surface area contributed by atoms with Gasteiger partial charge in [-0.05, 0) is 61.3 Å². The predicted octanol–water partition coefficient (Wildman–Crippen LogP) is 3.87. The summed E-state index contributed by atoms with van der Waals surface area (Å²) in [4.78, 5) is 58.2. The predicted molar refractivity (Wildman–Crippen MR) is 153 cm³/mol. The maximum atomic E-state index is 14.0. The van der Waals surface area contributed by atoms with Crippen LogP contribution in [0.15, 0.2) is 67.3 Å². The maximum Gasteiger partial charge on any atom is 0.415 e. The molecule has 218 valence electrons. The highest BCUT2D eigenvalue weighted by atomic mass is 16.6. The summed E-state index contributed by atoms with van der Waals surface area (Å²) in [6.07, 6.45) is 7.75. The summed E-state index contributed by atoms with van der Waals surface area (Å²) in [5.74, 6) is -0.720. The summed E-state index contributed by atoms with van der Waals surface area (Å²) in [6, 6.07) is 15.1. The van der Waals surface area contributed by atoms with Crippen molar-refractivity contribution in [3.05, 3.63) is 89.5 Å². The Morgan fingerprint density at radius 2 is 2.00 bits per heavy atom. The molecule has 1 spiro atoms. The molecule has 2 N–H and O–H groups in total. The van der Waals surface area contributed by atoms with Gasteiger partial charge in [0.15, 0.2) is 0 Å². The largest absolute Gasteiger partial charge is 0.427 e. The van der Waals surface area contributed by atoms with Gasteiger partial charge in [0, 0.05) is 62.0 Å². The number of rotatable bonds is 11. The van der Waals surface area contributed by atoms with Gasteiger partial charge in [0.2, 0.25) is 11.5 Å². The zero-order valence-corrected chi connectivity index (χ0v) is 23.6. The molecule has 2 heterocycles. The molecule has 2 fully saturated rings. The van der Waals surface area contributed by atoms with Crippen molar-refractivity contribution in [3.8, 4) is 0 Å². The number of benzene rings is 2. The van der Waals surface area contributed by atoms with Crippen molar-refractivity contribution < 1.29 is 23.9 Å². The molecule has 1 aliphatic heterocycles. The summed E-state index contributed by atoms with van der Waals surface area (Å²) < 4.78 is 7.54. The lowest BCUT2D eigenvalue weighted by Crippen LogP contribution is -2.40. The maximum absolute atomic E-state index is 14.0. The number of amides is 4. The number of aromatic nitrogens is 2. The smallest absolute Gasteiger partial charge is 0.415 e. The molecule has 42 heavy (non-hydrogen) atoms. The van der Waals surface area contributed by atoms with Gasteiger partial charge in [-0.25, -0.2) is 9.78 Å². The molecular weight excluding hydrogens is 534 g/mol. The normalized spacial score (nSPS) is 21.5. The fraction of sp³-hybridized carbons (Fsp3) is 0.406. The molecule has 6 rings (SSSR count). The lowest BCUT2D eigenvalue weighted by molar-refractivity contribution is -0.136. The van der Waals surface area contributed by atoms with E-state index in [2.05, 4.69) is 22.5 Å². The lowest BCUT2D eigenvalue weighted by atomic mass is 9.93. The number of nitrogens with zero attached hydrogens (tertiary/aromatic N) is 3. The highest BCUT2D eigenvalue weighted by molar-refractivity contribution is 6.04. The van der Waals surface area contributed by atoms with Crippen molar-refractivity contribution in [3.63, 3.8) is 0 Å². The van der Waals surface area contributed by atoms with E-state index in [4.69, 9.17) is 4.74 Å². The van der Waals surface area contributed by atoms with Gasteiger partial charge in [0.25, 0.3) is 11.8 Å². The third-order valence-corrected chi connectivity index (χ3v) is 8.74. The van der Waals surface area contributed by atoms with E-state index in [1.807, 2.05) is 46.0 Å². The minimum absolute atomic E-state index is 0.0228. The van der Waals surface area contributed by atoms with Crippen LogP contribution in [-0.4, -0.2) is 50.9 Å². The molecule has 1 saturated heterocycles. The Kier molecular flexibility index (Phi) is 7.53. The van der Waals surface area contributed by atoms with Crippen LogP contribution in [0.1, 0.15) is 72.0 Å². The molecule has 0 radical (unpaired) electrons. The first kappa shape index (κ1) is 27.7. The summed E-state index contributed by atoms with van der Waals surface area (Å²) in [5, 5.41) is 5.22. The zero-order chi connectivity index (χ0) is 29.3. The minimum atomic E-state index is -1.50. The Balaban J connectivity index is 1.22. The summed E-state index contributed by atoms with van der Waals surface area (Å²) >= 11 is 0. The number of hydrogen-bond acceptors (Lipinski definition) is 6. The summed E-state index contributed by atoms with van der Waals surface area (Å²) in [5.41, 5.74) is 1.22. The van der Waals surface area contributed by atoms with Gasteiger partial charge in [0.1, 0.15) is 0 Å². The third kappa shape index (κ3) is 5.53. The van der Waals surface area contributed by atoms with Crippen LogP contribution in [0, 0.1) is 5.92 Å². The summed E-state index contributed by atoms with van der Waals surface area (Å²) in [6.45, 7) is 3.81. The number of carbonyl (C=O) groups excluding carboxylic acids is 4. The Hall–Kier alpha value is -4.47. The molecule has 0 bridgehead atoms. The highest BCUT2D eigenvalue weighted by Gasteiger charge is 2.57. The number of imide groups is 1. The van der Waals surface area contributed by atoms with Crippen LogP contribution in [-0.2, 0) is 33.0 Å². The van der Waals surface area contributed by atoms with Gasteiger partial charge in [-0.3, -0.25) is 19.7 Å². The zero-order valence-electron chi connectivity index (χ0n) is 23.6. The highest BCUT2D eigenvalue weighted by Crippen LogP contribution is 2.51. The molecule has 2 aromatic carbocycles. The van der Waals surface area contributed by atoms with Gasteiger partial charge in [-0.2, -0.15) is 0 Å². The number of imidazole rings is 1. The average molecular weight is 570 g/mol. The first-order valence-electron chi connectivity index (χ1n) is 14.6. The van der Waals surface area contributed by atoms with E-state index in [0.29, 0.717) is 35.7 Å². The monoisotopic (exact) mass is 569 g/mol. The second-order valence-corrected chi connectivity index (χ2v) is 11.6. The first-order chi connectivity index (χ1) is 20.3. The Morgan fingerprint density at radius 3 is 2.69 bits per heavy atom. The Bertz CT molecular complexity index is 1490. The number of ether oxygens (including phenoxy) is 1. The van der Waals surface area contributed by atoms with E-state index in [-0.39, 0.29) is 30.7 Å². The number of nitrogens with one attached hydrogen (secondary N) is 2. The molecule has 2 aliphatic carbocycles. The van der Waals surface area contributed by atoms with Crippen LogP contribution in [0.25, 0.3) is 0 Å². The van der Waals surface area contributed by atoms with Crippen molar-refractivity contribution in [2.75, 3.05) is 6.54 Å². The average Bonchev–Trinajstić information content (AvgIpc) is 3.52. The van der Waals surface area contributed by atoms with Crippen molar-refractivity contribution in [1.82, 2.24) is 25.1 Å². The molecule has 3 aliphatic rings. The standard InChI is InChI=1S/C32H35N5O5/c1-21(23-8-9-23)37(19-22-6-3-2-4-7-22)28(38)17-25-18-32(30(40)35-31(41)42-32)27-11-10-24(16-26(25)27)29(39)34-12-5-14-36-15-13-33-20-36/h2-4,6-7,10-11,13,15-16,20-21,23,25H,5,8-9,12,14,17-19H2,1H3,(H,34,39)(H,35,40,41)/t21-,25?,32+/m0/s1. The van der Waals surface area contributed by atoms with Crippen LogP contribution < -0.4 is 10.6 Å². The van der Waals surface area contributed by atoms with Crippen LogP contribution in [0.5, 0.6) is 0 Å². The van der Waals surface area contributed by atoms with Crippen LogP contribution in [0.3, 0.4) is 0 Å². The van der Waals surface area contributed by atoms with Crippen molar-refractivity contribution >= 4 is 23.8 Å². The molecule has 1 unspecified atom stereocenters. The number of alkyl carbamates (subject to hydrolysis) is 1. The quantitative estimate of drug-likeness (QED) is 0.338. The molecule has 1 saturated carbocycles. The van der Waals surface area contributed by atoms with Gasteiger partial charge < -0.3 is 19.5 Å². The van der Waals surface area contributed by atoms with Crippen molar-refractivity contribution in [2.45, 2.75) is 69.7 Å². The lowest BCUT2D eigenvalue weighted by Gasteiger charge is -2.31. The number of fused-ring (bicyclic) bond motifs is 2. The van der Waals surface area contributed by atoms with E-state index in [0.717, 1.165) is 31.4 Å². The summed E-state index contributed by atoms with van der Waals surface area (Å²) in [7, 11) is 0. The molecule has 1 aromatic heterocycles. The Morgan fingerprint density at radius 1 is 1.19 bits per heavy atom. The Labute approximate surface area is 244 Å². The number of hydrogen-bond donors (Lipinski definition) is 2. The van der Waals surface area contributed by atoms with E-state index < -0.39 is 23.5 Å². The minimum Gasteiger partial charge on any atom is -0.427 e. The van der Waals surface area contributed by atoms with Gasteiger partial charge >= 0.3 is 6.09 Å². The number of aryl methyl sites for hydroxylation is 1. The van der Waals surface area contributed by atoms with E-state index >= 15 is 0 Å². The molecule has 10 nitrogen and oxygen atoms in total. The number of carbonyl (C=O) groups is 4. The van der Waals surface area contributed by atoms with Crippen molar-refractivity contribution in [1.29, 1.82) is 0 Å². The molecule has 10 heteroatoms. The fourth-order valence-corrected chi connectivity index (χ4v) is 6.28. The molecular formula is C32H35N5O5. The topological polar surface area (TPSA) is 123 Å². The van der Waals surface area contributed by atoms with Crippen LogP contribution in [0.4, 0.5) is 4.79 Å². The van der Waals surface area contributed by atoms with Gasteiger partial charge in [-0.1, -0.05) is 36.4 Å². The molecule has 3 atom stereocenters. The van der Waals surface area contributed by atoms with Crippen molar-refractivity contribution in [2.24, 2.45) is 5.92 Å². The van der Waals surface area contributed by atoms with Crippen LogP contribution in [0.2, 0.25) is 0 Å². The van der Waals surface area contributed by atoms with E-state index in [1.54, 1.807) is 30.7 Å². The fourth-order valence-electron chi connectivity index (χ4n) is 6.28.